The summed E-state index contributed by atoms with van der Waals surface area (Å²) in [6, 6.07) is 6.14. The Hall–Kier alpha value is -3.33. The lowest BCUT2D eigenvalue weighted by molar-refractivity contribution is 0.0836. The first-order valence-corrected chi connectivity index (χ1v) is 11.1. The maximum atomic E-state index is 14.3. The molecule has 6 rings (SSSR count). The summed E-state index contributed by atoms with van der Waals surface area (Å²) < 4.78 is 35.1. The van der Waals surface area contributed by atoms with Crippen molar-refractivity contribution < 1.29 is 13.5 Å². The molecule has 0 amide bonds. The summed E-state index contributed by atoms with van der Waals surface area (Å²) in [5.74, 6) is -0.580. The Labute approximate surface area is 189 Å². The first-order chi connectivity index (χ1) is 16.1. The summed E-state index contributed by atoms with van der Waals surface area (Å²) in [5.41, 5.74) is 2.09. The summed E-state index contributed by atoms with van der Waals surface area (Å²) in [5, 5.41) is 4.09. The van der Waals surface area contributed by atoms with Crippen LogP contribution < -0.4 is 0 Å². The van der Waals surface area contributed by atoms with Crippen LogP contribution in [0.15, 0.2) is 42.9 Å². The number of aryl methyl sites for hydroxylation is 1. The van der Waals surface area contributed by atoms with Gasteiger partial charge < -0.3 is 4.74 Å². The minimum atomic E-state index is -0.680. The van der Waals surface area contributed by atoms with Crippen molar-refractivity contribution in [3.63, 3.8) is 0 Å². The van der Waals surface area contributed by atoms with Gasteiger partial charge in [-0.05, 0) is 50.8 Å². The Kier molecular flexibility index (Phi) is 6.04. The second kappa shape index (κ2) is 9.27. The number of hydrogen-bond acceptors (Lipinski definition) is 6. The van der Waals surface area contributed by atoms with E-state index in [1.165, 1.54) is 25.0 Å². The normalized spacial score (nSPS) is 16.5. The SMILES string of the molecule is Cc1cnc2c(-c3ccc(F)cc3F)nc(C3CCOCC3)nc2n1.c1cnn(C2CC2)c1. The van der Waals surface area contributed by atoms with E-state index in [9.17, 15) is 8.78 Å². The van der Waals surface area contributed by atoms with Gasteiger partial charge in [0.1, 0.15) is 28.7 Å². The van der Waals surface area contributed by atoms with E-state index in [-0.39, 0.29) is 11.5 Å². The van der Waals surface area contributed by atoms with E-state index in [4.69, 9.17) is 4.74 Å². The van der Waals surface area contributed by atoms with Crippen LogP contribution in [-0.2, 0) is 4.74 Å². The van der Waals surface area contributed by atoms with Crippen molar-refractivity contribution in [2.24, 2.45) is 0 Å². The maximum absolute atomic E-state index is 14.3. The topological polar surface area (TPSA) is 78.6 Å². The molecule has 3 aromatic heterocycles. The van der Waals surface area contributed by atoms with E-state index >= 15 is 0 Å². The van der Waals surface area contributed by atoms with Crippen molar-refractivity contribution >= 4 is 11.2 Å². The summed E-state index contributed by atoms with van der Waals surface area (Å²) in [4.78, 5) is 17.9. The van der Waals surface area contributed by atoms with Crippen LogP contribution in [0.25, 0.3) is 22.4 Å². The molecule has 4 heterocycles. The van der Waals surface area contributed by atoms with Crippen LogP contribution in [0.1, 0.15) is 49.2 Å². The Bertz CT molecular complexity index is 1250. The van der Waals surface area contributed by atoms with Crippen molar-refractivity contribution in [1.29, 1.82) is 0 Å². The number of benzene rings is 1. The average Bonchev–Trinajstić information content (AvgIpc) is 3.53. The molecular formula is C24H24F2N6O. The van der Waals surface area contributed by atoms with Gasteiger partial charge in [-0.25, -0.2) is 28.7 Å². The van der Waals surface area contributed by atoms with Gasteiger partial charge in [-0.3, -0.25) is 4.68 Å². The van der Waals surface area contributed by atoms with E-state index < -0.39 is 11.6 Å². The zero-order valence-corrected chi connectivity index (χ0v) is 18.3. The number of rotatable bonds is 3. The highest BCUT2D eigenvalue weighted by Crippen LogP contribution is 2.33. The van der Waals surface area contributed by atoms with E-state index in [0.717, 1.165) is 30.6 Å². The molecule has 170 valence electrons. The summed E-state index contributed by atoms with van der Waals surface area (Å²) in [6.07, 6.45) is 9.69. The molecule has 0 unspecified atom stereocenters. The lowest BCUT2D eigenvalue weighted by Gasteiger charge is -2.21. The molecule has 0 spiro atoms. The number of nitrogens with zero attached hydrogens (tertiary/aromatic N) is 6. The van der Waals surface area contributed by atoms with Crippen LogP contribution in [-0.4, -0.2) is 42.9 Å². The lowest BCUT2D eigenvalue weighted by atomic mass is 9.99. The zero-order chi connectivity index (χ0) is 22.8. The van der Waals surface area contributed by atoms with Crippen LogP contribution >= 0.6 is 0 Å². The molecule has 1 aliphatic carbocycles. The highest BCUT2D eigenvalue weighted by atomic mass is 19.1. The highest BCUT2D eigenvalue weighted by Gasteiger charge is 2.24. The summed E-state index contributed by atoms with van der Waals surface area (Å²) in [6.45, 7) is 3.11. The Morgan fingerprint density at radius 2 is 1.85 bits per heavy atom. The van der Waals surface area contributed by atoms with Crippen LogP contribution in [0, 0.1) is 18.6 Å². The highest BCUT2D eigenvalue weighted by molar-refractivity contribution is 5.86. The number of ether oxygens (including phenoxy) is 1. The van der Waals surface area contributed by atoms with Crippen molar-refractivity contribution in [3.05, 3.63) is 66.0 Å². The maximum Gasteiger partial charge on any atom is 0.182 e. The van der Waals surface area contributed by atoms with Crippen molar-refractivity contribution in [2.45, 2.75) is 44.6 Å². The van der Waals surface area contributed by atoms with Crippen molar-refractivity contribution in [2.75, 3.05) is 13.2 Å². The van der Waals surface area contributed by atoms with Gasteiger partial charge in [0.15, 0.2) is 5.65 Å². The predicted octanol–water partition coefficient (Wildman–Crippen LogP) is 4.79. The molecule has 0 bridgehead atoms. The number of aromatic nitrogens is 6. The molecule has 33 heavy (non-hydrogen) atoms. The van der Waals surface area contributed by atoms with Gasteiger partial charge in [-0.2, -0.15) is 5.10 Å². The molecule has 9 heteroatoms. The number of hydrogen-bond donors (Lipinski definition) is 0. The molecule has 0 radical (unpaired) electrons. The lowest BCUT2D eigenvalue weighted by Crippen LogP contribution is -2.17. The fourth-order valence-electron chi connectivity index (χ4n) is 3.85. The van der Waals surface area contributed by atoms with E-state index in [2.05, 4.69) is 25.0 Å². The van der Waals surface area contributed by atoms with Gasteiger partial charge in [0.05, 0.1) is 11.7 Å². The summed E-state index contributed by atoms with van der Waals surface area (Å²) in [7, 11) is 0. The quantitative estimate of drug-likeness (QED) is 0.447. The van der Waals surface area contributed by atoms with E-state index in [0.29, 0.717) is 35.9 Å². The van der Waals surface area contributed by atoms with Crippen LogP contribution in [0.3, 0.4) is 0 Å². The van der Waals surface area contributed by atoms with Crippen LogP contribution in [0.4, 0.5) is 8.78 Å². The number of fused-ring (bicyclic) bond motifs is 1. The van der Waals surface area contributed by atoms with Crippen molar-refractivity contribution in [1.82, 2.24) is 29.7 Å². The third-order valence-electron chi connectivity index (χ3n) is 5.76. The van der Waals surface area contributed by atoms with Gasteiger partial charge in [0, 0.05) is 49.4 Å². The second-order valence-corrected chi connectivity index (χ2v) is 8.34. The zero-order valence-electron chi connectivity index (χ0n) is 18.3. The molecule has 0 atom stereocenters. The van der Waals surface area contributed by atoms with E-state index in [1.54, 1.807) is 6.20 Å². The van der Waals surface area contributed by atoms with Gasteiger partial charge in [0.2, 0.25) is 0 Å². The Balaban J connectivity index is 0.000000238. The Morgan fingerprint density at radius 1 is 1.03 bits per heavy atom. The first-order valence-electron chi connectivity index (χ1n) is 11.1. The monoisotopic (exact) mass is 450 g/mol. The molecule has 1 saturated carbocycles. The standard InChI is InChI=1S/C18H16F2N4O.C6H8N2/c1-10-9-21-16-15(13-3-2-12(19)8-14(13)20)23-17(24-18(16)22-10)11-4-6-25-7-5-11;1-4-7-8(5-1)6-2-3-6/h2-3,8-9,11H,4-7H2,1H3;1,4-6H,2-3H2. The molecule has 1 saturated heterocycles. The smallest absolute Gasteiger partial charge is 0.182 e. The predicted molar refractivity (Wildman–Crippen MR) is 119 cm³/mol. The fourth-order valence-corrected chi connectivity index (χ4v) is 3.85. The molecule has 0 N–H and O–H groups in total. The third kappa shape index (κ3) is 4.88. The van der Waals surface area contributed by atoms with Gasteiger partial charge in [0.25, 0.3) is 0 Å². The molecule has 1 aromatic carbocycles. The Morgan fingerprint density at radius 3 is 2.55 bits per heavy atom. The molecule has 7 nitrogen and oxygen atoms in total. The molecular weight excluding hydrogens is 426 g/mol. The van der Waals surface area contributed by atoms with Crippen LogP contribution in [0.2, 0.25) is 0 Å². The molecule has 2 aliphatic rings. The van der Waals surface area contributed by atoms with Crippen molar-refractivity contribution in [3.8, 4) is 11.3 Å². The minimum Gasteiger partial charge on any atom is -0.381 e. The molecule has 4 aromatic rings. The first kappa shape index (κ1) is 21.5. The largest absolute Gasteiger partial charge is 0.381 e. The van der Waals surface area contributed by atoms with Gasteiger partial charge >= 0.3 is 0 Å². The minimum absolute atomic E-state index is 0.128. The second-order valence-electron chi connectivity index (χ2n) is 8.34. The molecule has 1 aliphatic heterocycles. The molecule has 2 fully saturated rings. The van der Waals surface area contributed by atoms with Gasteiger partial charge in [-0.15, -0.1) is 0 Å². The summed E-state index contributed by atoms with van der Waals surface area (Å²) >= 11 is 0. The third-order valence-corrected chi connectivity index (χ3v) is 5.76. The van der Waals surface area contributed by atoms with Crippen LogP contribution in [0.5, 0.6) is 0 Å². The van der Waals surface area contributed by atoms with E-state index in [1.807, 2.05) is 30.1 Å². The van der Waals surface area contributed by atoms with Gasteiger partial charge in [-0.1, -0.05) is 0 Å². The average molecular weight is 450 g/mol. The fraction of sp³-hybridized carbons (Fsp3) is 0.375. The number of halogens is 2.